The van der Waals surface area contributed by atoms with Gasteiger partial charge in [-0.3, -0.25) is 0 Å². The predicted molar refractivity (Wildman–Crippen MR) is 37.1 cm³/mol. The van der Waals surface area contributed by atoms with Crippen molar-refractivity contribution < 1.29 is 5.11 Å². The average Bonchev–Trinajstić information content (AvgIpc) is 2.14. The van der Waals surface area contributed by atoms with Gasteiger partial charge in [0.25, 0.3) is 0 Å². The van der Waals surface area contributed by atoms with Gasteiger partial charge in [0.15, 0.2) is 4.47 Å². The van der Waals surface area contributed by atoms with Crippen LogP contribution < -0.4 is 0 Å². The molecule has 49 valence electrons. The van der Waals surface area contributed by atoms with E-state index in [4.69, 9.17) is 16.7 Å². The summed E-state index contributed by atoms with van der Waals surface area (Å²) < 4.78 is 0.457. The van der Waals surface area contributed by atoms with Crippen LogP contribution in [0.5, 0.6) is 0 Å². The van der Waals surface area contributed by atoms with Crippen LogP contribution in [0.4, 0.5) is 0 Å². The van der Waals surface area contributed by atoms with Crippen molar-refractivity contribution in [3.8, 4) is 0 Å². The lowest BCUT2D eigenvalue weighted by atomic mass is 10.4. The van der Waals surface area contributed by atoms with Crippen LogP contribution in [0.1, 0.15) is 11.8 Å². The van der Waals surface area contributed by atoms with Crippen molar-refractivity contribution in [2.24, 2.45) is 0 Å². The normalized spacial score (nSPS) is 10.7. The molecule has 1 aromatic heterocycles. The van der Waals surface area contributed by atoms with Crippen molar-refractivity contribution in [3.05, 3.63) is 21.6 Å². The second-order valence-corrected chi connectivity index (χ2v) is 3.18. The topological polar surface area (TPSA) is 33.1 Å². The molecule has 0 amide bonds. The highest BCUT2D eigenvalue weighted by Crippen LogP contribution is 2.22. The molecule has 0 spiro atoms. The molecule has 0 aliphatic carbocycles. The summed E-state index contributed by atoms with van der Waals surface area (Å²) in [5.41, 5.74) is 0. The molecule has 9 heavy (non-hydrogen) atoms. The smallest absolute Gasteiger partial charge is 0.183 e. The minimum atomic E-state index is 0.263. The van der Waals surface area contributed by atoms with Crippen LogP contribution in [0.3, 0.4) is 0 Å². The number of hydrogen-bond donors (Lipinski definition) is 1. The molecule has 1 N–H and O–H groups in total. The van der Waals surface area contributed by atoms with Crippen molar-refractivity contribution >= 4 is 22.9 Å². The summed E-state index contributed by atoms with van der Waals surface area (Å²) in [7, 11) is 0. The maximum atomic E-state index is 8.87. The lowest BCUT2D eigenvalue weighted by molar-refractivity contribution is 0.344. The quantitative estimate of drug-likeness (QED) is 0.686. The van der Waals surface area contributed by atoms with E-state index in [0.29, 0.717) is 4.47 Å². The largest absolute Gasteiger partial charge is 0.381 e. The van der Waals surface area contributed by atoms with Gasteiger partial charge in [-0.05, 0) is 6.92 Å². The highest BCUT2D eigenvalue weighted by Gasteiger charge is 2.04. The first-order chi connectivity index (χ1) is 4.20. The van der Waals surface area contributed by atoms with E-state index in [2.05, 4.69) is 4.98 Å². The third-order valence-electron chi connectivity index (χ3n) is 0.834. The van der Waals surface area contributed by atoms with Crippen LogP contribution in [-0.2, 0) is 0 Å². The second kappa shape index (κ2) is 2.64. The average molecular weight is 163 g/mol. The SMILES string of the molecule is C[C](O)c1cnc(Cl)s1. The molecular formula is C5H5ClNOS. The number of aromatic nitrogens is 1. The fourth-order valence-electron chi connectivity index (χ4n) is 0.420. The Morgan fingerprint density at radius 2 is 2.56 bits per heavy atom. The molecule has 2 nitrogen and oxygen atoms in total. The summed E-state index contributed by atoms with van der Waals surface area (Å²) in [4.78, 5) is 4.46. The van der Waals surface area contributed by atoms with E-state index >= 15 is 0 Å². The van der Waals surface area contributed by atoms with Crippen LogP contribution in [0.2, 0.25) is 4.47 Å². The molecule has 1 aromatic rings. The summed E-state index contributed by atoms with van der Waals surface area (Å²) in [6.45, 7) is 1.60. The third-order valence-corrected chi connectivity index (χ3v) is 2.06. The number of aliphatic hydroxyl groups is 1. The summed E-state index contributed by atoms with van der Waals surface area (Å²) in [5, 5.41) is 8.87. The number of rotatable bonds is 1. The minimum Gasteiger partial charge on any atom is -0.381 e. The molecule has 1 heterocycles. The highest BCUT2D eigenvalue weighted by atomic mass is 35.5. The van der Waals surface area contributed by atoms with E-state index < -0.39 is 0 Å². The molecule has 0 saturated carbocycles. The molecule has 0 aliphatic rings. The van der Waals surface area contributed by atoms with Gasteiger partial charge in [-0.15, -0.1) is 11.3 Å². The van der Waals surface area contributed by atoms with Gasteiger partial charge in [-0.25, -0.2) is 4.98 Å². The van der Waals surface area contributed by atoms with Crippen LogP contribution in [0.15, 0.2) is 6.20 Å². The molecular weight excluding hydrogens is 158 g/mol. The van der Waals surface area contributed by atoms with Crippen molar-refractivity contribution in [3.63, 3.8) is 0 Å². The Morgan fingerprint density at radius 3 is 2.78 bits per heavy atom. The maximum Gasteiger partial charge on any atom is 0.183 e. The van der Waals surface area contributed by atoms with Crippen molar-refractivity contribution in [2.45, 2.75) is 6.92 Å². The first-order valence-electron chi connectivity index (χ1n) is 2.34. The van der Waals surface area contributed by atoms with Gasteiger partial charge in [0.2, 0.25) is 0 Å². The first kappa shape index (κ1) is 6.99. The van der Waals surface area contributed by atoms with Crippen LogP contribution in [0.25, 0.3) is 0 Å². The standard InChI is InChI=1S/C5H5ClNOS/c1-3(8)4-2-7-5(6)9-4/h2,8H,1H3. The fourth-order valence-corrected chi connectivity index (χ4v) is 1.26. The Hall–Kier alpha value is -0.120. The Balaban J connectivity index is 2.85. The molecule has 4 heteroatoms. The first-order valence-corrected chi connectivity index (χ1v) is 3.54. The molecule has 0 aliphatic heterocycles. The van der Waals surface area contributed by atoms with Crippen LogP contribution >= 0.6 is 22.9 Å². The Morgan fingerprint density at radius 1 is 1.89 bits per heavy atom. The number of nitrogens with zero attached hydrogens (tertiary/aromatic N) is 1. The number of halogens is 1. The molecule has 0 atom stereocenters. The van der Waals surface area contributed by atoms with Crippen molar-refractivity contribution in [2.75, 3.05) is 0 Å². The zero-order chi connectivity index (χ0) is 6.85. The van der Waals surface area contributed by atoms with Gasteiger partial charge in [-0.2, -0.15) is 0 Å². The minimum absolute atomic E-state index is 0.263. The highest BCUT2D eigenvalue weighted by molar-refractivity contribution is 7.16. The van der Waals surface area contributed by atoms with Gasteiger partial charge in [0, 0.05) is 6.20 Å². The molecule has 0 aromatic carbocycles. The lowest BCUT2D eigenvalue weighted by Gasteiger charge is -1.92. The maximum absolute atomic E-state index is 8.87. The molecule has 1 radical (unpaired) electrons. The Kier molecular flexibility index (Phi) is 2.05. The number of hydrogen-bond acceptors (Lipinski definition) is 3. The van der Waals surface area contributed by atoms with E-state index in [9.17, 15) is 0 Å². The van der Waals surface area contributed by atoms with Gasteiger partial charge in [0.1, 0.15) is 6.10 Å². The Bertz CT molecular complexity index is 199. The summed E-state index contributed by atoms with van der Waals surface area (Å²) >= 11 is 6.75. The number of aliphatic hydroxyl groups excluding tert-OH is 1. The second-order valence-electron chi connectivity index (χ2n) is 1.56. The van der Waals surface area contributed by atoms with Gasteiger partial charge >= 0.3 is 0 Å². The zero-order valence-corrected chi connectivity index (χ0v) is 6.33. The van der Waals surface area contributed by atoms with E-state index in [-0.39, 0.29) is 6.10 Å². The van der Waals surface area contributed by atoms with Crippen molar-refractivity contribution in [1.82, 2.24) is 4.98 Å². The van der Waals surface area contributed by atoms with E-state index in [1.165, 1.54) is 11.3 Å². The summed E-state index contributed by atoms with van der Waals surface area (Å²) in [6.07, 6.45) is 1.81. The molecule has 0 fully saturated rings. The van der Waals surface area contributed by atoms with Crippen LogP contribution in [0, 0.1) is 6.10 Å². The monoisotopic (exact) mass is 162 g/mol. The van der Waals surface area contributed by atoms with E-state index in [1.54, 1.807) is 13.1 Å². The number of thiazole rings is 1. The van der Waals surface area contributed by atoms with Gasteiger partial charge in [0.05, 0.1) is 4.88 Å². The van der Waals surface area contributed by atoms with Crippen LogP contribution in [-0.4, -0.2) is 10.1 Å². The van der Waals surface area contributed by atoms with Crippen molar-refractivity contribution in [1.29, 1.82) is 0 Å². The lowest BCUT2D eigenvalue weighted by Crippen LogP contribution is -1.84. The molecule has 0 bridgehead atoms. The predicted octanol–water partition coefficient (Wildman–Crippen LogP) is 2.07. The Labute approximate surface area is 62.1 Å². The van der Waals surface area contributed by atoms with E-state index in [1.807, 2.05) is 0 Å². The molecule has 0 unspecified atom stereocenters. The van der Waals surface area contributed by atoms with Gasteiger partial charge < -0.3 is 5.11 Å². The molecule has 1 rings (SSSR count). The third kappa shape index (κ3) is 1.64. The zero-order valence-electron chi connectivity index (χ0n) is 4.76. The molecule has 0 saturated heterocycles. The summed E-state index contributed by atoms with van der Waals surface area (Å²) in [6, 6.07) is 0. The summed E-state index contributed by atoms with van der Waals surface area (Å²) in [5.74, 6) is 0. The fraction of sp³-hybridized carbons (Fsp3) is 0.200. The van der Waals surface area contributed by atoms with E-state index in [0.717, 1.165) is 4.88 Å². The van der Waals surface area contributed by atoms with Gasteiger partial charge in [-0.1, -0.05) is 11.6 Å².